The molecule has 1 amide bonds. The second-order valence-corrected chi connectivity index (χ2v) is 6.87. The fraction of sp³-hybridized carbons (Fsp3) is 0.350. The standard InChI is InChI=1S/C20H23N5O/c1-16-11-22-23(13-16)14-18-9-5-6-10-24(18)20(26)19-12-21-15-25(19)17-7-3-2-4-8-17/h2-4,7-8,11-13,15,18H,5-6,9-10,14H2,1H3/t18-/m1/s1. The fourth-order valence-corrected chi connectivity index (χ4v) is 3.64. The molecule has 6 heteroatoms. The van der Waals surface area contributed by atoms with Crippen LogP contribution in [0.3, 0.4) is 0 Å². The maximum Gasteiger partial charge on any atom is 0.272 e. The maximum absolute atomic E-state index is 13.3. The monoisotopic (exact) mass is 349 g/mol. The van der Waals surface area contributed by atoms with Gasteiger partial charge >= 0.3 is 0 Å². The van der Waals surface area contributed by atoms with Crippen molar-refractivity contribution in [1.82, 2.24) is 24.2 Å². The van der Waals surface area contributed by atoms with Crippen LogP contribution in [0.15, 0.2) is 55.2 Å². The number of rotatable bonds is 4. The zero-order chi connectivity index (χ0) is 17.9. The number of imidazole rings is 1. The molecule has 3 aromatic rings. The van der Waals surface area contributed by atoms with Crippen molar-refractivity contribution in [3.63, 3.8) is 0 Å². The number of nitrogens with zero attached hydrogens (tertiary/aromatic N) is 5. The average molecular weight is 349 g/mol. The van der Waals surface area contributed by atoms with Gasteiger partial charge in [-0.1, -0.05) is 18.2 Å². The molecular weight excluding hydrogens is 326 g/mol. The third-order valence-electron chi connectivity index (χ3n) is 4.94. The summed E-state index contributed by atoms with van der Waals surface area (Å²) in [6.45, 7) is 3.55. The zero-order valence-corrected chi connectivity index (χ0v) is 15.0. The van der Waals surface area contributed by atoms with Gasteiger partial charge in [0.25, 0.3) is 5.91 Å². The highest BCUT2D eigenvalue weighted by atomic mass is 16.2. The van der Waals surface area contributed by atoms with Crippen LogP contribution in [0.5, 0.6) is 0 Å². The molecule has 0 aliphatic carbocycles. The van der Waals surface area contributed by atoms with E-state index in [1.165, 1.54) is 0 Å². The minimum Gasteiger partial charge on any atom is -0.332 e. The van der Waals surface area contributed by atoms with E-state index < -0.39 is 0 Å². The lowest BCUT2D eigenvalue weighted by molar-refractivity contribution is 0.0575. The normalized spacial score (nSPS) is 17.4. The average Bonchev–Trinajstić information content (AvgIpc) is 3.31. The maximum atomic E-state index is 13.3. The summed E-state index contributed by atoms with van der Waals surface area (Å²) in [7, 11) is 0. The van der Waals surface area contributed by atoms with Gasteiger partial charge < -0.3 is 4.90 Å². The summed E-state index contributed by atoms with van der Waals surface area (Å²) >= 11 is 0. The van der Waals surface area contributed by atoms with E-state index in [0.717, 1.165) is 43.6 Å². The Hall–Kier alpha value is -2.89. The Balaban J connectivity index is 1.59. The molecule has 1 aliphatic rings. The van der Waals surface area contributed by atoms with Crippen molar-refractivity contribution in [3.8, 4) is 5.69 Å². The SMILES string of the molecule is Cc1cnn(C[C@H]2CCCCN2C(=O)c2cncn2-c2ccccc2)c1. The van der Waals surface area contributed by atoms with Gasteiger partial charge in [0.15, 0.2) is 0 Å². The Kier molecular flexibility index (Phi) is 4.56. The molecule has 1 aromatic carbocycles. The summed E-state index contributed by atoms with van der Waals surface area (Å²) in [5.74, 6) is 0.0416. The molecule has 1 fully saturated rings. The number of hydrogen-bond acceptors (Lipinski definition) is 3. The minimum atomic E-state index is 0.0416. The summed E-state index contributed by atoms with van der Waals surface area (Å²) in [6.07, 6.45) is 10.5. The van der Waals surface area contributed by atoms with Gasteiger partial charge in [-0.05, 0) is 43.9 Å². The third-order valence-corrected chi connectivity index (χ3v) is 4.94. The van der Waals surface area contributed by atoms with Gasteiger partial charge in [0.2, 0.25) is 0 Å². The van der Waals surface area contributed by atoms with Gasteiger partial charge in [-0.25, -0.2) is 4.98 Å². The first-order chi connectivity index (χ1) is 12.7. The first-order valence-corrected chi connectivity index (χ1v) is 9.10. The van der Waals surface area contributed by atoms with Gasteiger partial charge in [0, 0.05) is 18.4 Å². The summed E-state index contributed by atoms with van der Waals surface area (Å²) in [4.78, 5) is 19.5. The third kappa shape index (κ3) is 3.27. The molecule has 26 heavy (non-hydrogen) atoms. The van der Waals surface area contributed by atoms with Crippen molar-refractivity contribution < 1.29 is 4.79 Å². The van der Waals surface area contributed by atoms with Crippen molar-refractivity contribution in [1.29, 1.82) is 0 Å². The molecule has 0 N–H and O–H groups in total. The lowest BCUT2D eigenvalue weighted by Crippen LogP contribution is -2.46. The number of hydrogen-bond donors (Lipinski definition) is 0. The molecule has 1 aliphatic heterocycles. The molecule has 4 rings (SSSR count). The van der Waals surface area contributed by atoms with E-state index in [1.54, 1.807) is 12.5 Å². The van der Waals surface area contributed by atoms with Crippen molar-refractivity contribution in [2.24, 2.45) is 0 Å². The summed E-state index contributed by atoms with van der Waals surface area (Å²) < 4.78 is 3.81. The smallest absolute Gasteiger partial charge is 0.272 e. The van der Waals surface area contributed by atoms with Gasteiger partial charge in [0.1, 0.15) is 5.69 Å². The van der Waals surface area contributed by atoms with Crippen molar-refractivity contribution in [3.05, 3.63) is 66.5 Å². The van der Waals surface area contributed by atoms with Gasteiger partial charge in [-0.2, -0.15) is 5.10 Å². The molecule has 1 atom stereocenters. The van der Waals surface area contributed by atoms with E-state index >= 15 is 0 Å². The van der Waals surface area contributed by atoms with E-state index in [9.17, 15) is 4.79 Å². The lowest BCUT2D eigenvalue weighted by atomic mass is 10.0. The minimum absolute atomic E-state index is 0.0416. The Labute approximate surface area is 153 Å². The predicted octanol–water partition coefficient (Wildman–Crippen LogP) is 3.07. The highest BCUT2D eigenvalue weighted by Crippen LogP contribution is 2.22. The fourth-order valence-electron chi connectivity index (χ4n) is 3.64. The predicted molar refractivity (Wildman–Crippen MR) is 99.2 cm³/mol. The molecule has 0 radical (unpaired) electrons. The second-order valence-electron chi connectivity index (χ2n) is 6.87. The van der Waals surface area contributed by atoms with Crippen molar-refractivity contribution >= 4 is 5.91 Å². The molecule has 0 bridgehead atoms. The van der Waals surface area contributed by atoms with Crippen molar-refractivity contribution in [2.45, 2.75) is 38.8 Å². The van der Waals surface area contributed by atoms with Crippen LogP contribution in [0.4, 0.5) is 0 Å². The number of carbonyl (C=O) groups excluding carboxylic acids is 1. The number of aryl methyl sites for hydroxylation is 1. The van der Waals surface area contributed by atoms with Crippen LogP contribution in [0, 0.1) is 6.92 Å². The van der Waals surface area contributed by atoms with Crippen LogP contribution in [0.25, 0.3) is 5.69 Å². The van der Waals surface area contributed by atoms with Gasteiger partial charge in [-0.3, -0.25) is 14.0 Å². The quantitative estimate of drug-likeness (QED) is 0.727. The first-order valence-electron chi connectivity index (χ1n) is 9.10. The van der Waals surface area contributed by atoms with E-state index in [1.807, 2.05) is 63.8 Å². The topological polar surface area (TPSA) is 56.0 Å². The Morgan fingerprint density at radius 3 is 2.81 bits per heavy atom. The highest BCUT2D eigenvalue weighted by molar-refractivity contribution is 5.93. The van der Waals surface area contributed by atoms with Crippen LogP contribution in [0.1, 0.15) is 35.3 Å². The largest absolute Gasteiger partial charge is 0.332 e. The number of benzene rings is 1. The van der Waals surface area contributed by atoms with E-state index in [2.05, 4.69) is 10.1 Å². The summed E-state index contributed by atoms with van der Waals surface area (Å²) in [5.41, 5.74) is 2.70. The van der Waals surface area contributed by atoms with E-state index in [4.69, 9.17) is 0 Å². The number of amides is 1. The number of likely N-dealkylation sites (tertiary alicyclic amines) is 1. The highest BCUT2D eigenvalue weighted by Gasteiger charge is 2.29. The Bertz CT molecular complexity index is 883. The summed E-state index contributed by atoms with van der Waals surface area (Å²) in [6, 6.07) is 10.0. The Morgan fingerprint density at radius 2 is 2.04 bits per heavy atom. The number of para-hydroxylation sites is 1. The molecule has 134 valence electrons. The molecule has 2 aromatic heterocycles. The Morgan fingerprint density at radius 1 is 1.19 bits per heavy atom. The van der Waals surface area contributed by atoms with Crippen LogP contribution < -0.4 is 0 Å². The van der Waals surface area contributed by atoms with Crippen molar-refractivity contribution in [2.75, 3.05) is 6.54 Å². The molecule has 6 nitrogen and oxygen atoms in total. The molecule has 3 heterocycles. The van der Waals surface area contributed by atoms with Crippen LogP contribution in [-0.2, 0) is 6.54 Å². The molecule has 0 saturated carbocycles. The van der Waals surface area contributed by atoms with Gasteiger partial charge in [-0.15, -0.1) is 0 Å². The lowest BCUT2D eigenvalue weighted by Gasteiger charge is -2.35. The summed E-state index contributed by atoms with van der Waals surface area (Å²) in [5, 5.41) is 4.39. The zero-order valence-electron chi connectivity index (χ0n) is 15.0. The van der Waals surface area contributed by atoms with Crippen LogP contribution in [-0.4, -0.2) is 42.7 Å². The molecule has 0 spiro atoms. The second kappa shape index (κ2) is 7.15. The number of carbonyl (C=O) groups is 1. The molecule has 0 unspecified atom stereocenters. The van der Waals surface area contributed by atoms with E-state index in [-0.39, 0.29) is 11.9 Å². The van der Waals surface area contributed by atoms with E-state index in [0.29, 0.717) is 5.69 Å². The van der Waals surface area contributed by atoms with Crippen LogP contribution in [0.2, 0.25) is 0 Å². The van der Waals surface area contributed by atoms with Gasteiger partial charge in [0.05, 0.1) is 31.3 Å². The molecular formula is C20H23N5O. The number of piperidine rings is 1. The number of aromatic nitrogens is 4. The first kappa shape index (κ1) is 16.6. The molecule has 1 saturated heterocycles. The van der Waals surface area contributed by atoms with Crippen LogP contribution >= 0.6 is 0 Å².